The molecule has 1 spiro atoms. The van der Waals surface area contributed by atoms with Gasteiger partial charge in [-0.3, -0.25) is 14.8 Å². The number of fused-ring (bicyclic) bond motifs is 1. The lowest BCUT2D eigenvalue weighted by Crippen LogP contribution is -2.38. The molecular formula is C21H19N3O3. The predicted molar refractivity (Wildman–Crippen MR) is 98.3 cm³/mol. The minimum Gasteiger partial charge on any atom is -0.312 e. The molecule has 1 aliphatic carbocycles. The highest BCUT2D eigenvalue weighted by atomic mass is 16.5. The van der Waals surface area contributed by atoms with Crippen molar-refractivity contribution in [1.29, 1.82) is 5.26 Å². The van der Waals surface area contributed by atoms with Gasteiger partial charge in [0, 0.05) is 17.8 Å². The number of anilines is 1. The largest absolute Gasteiger partial charge is 0.312 e. The average molecular weight is 361 g/mol. The summed E-state index contributed by atoms with van der Waals surface area (Å²) in [5.74, 6) is -0.418. The van der Waals surface area contributed by atoms with Crippen LogP contribution in [0.25, 0.3) is 0 Å². The van der Waals surface area contributed by atoms with Crippen molar-refractivity contribution >= 4 is 17.5 Å². The normalized spacial score (nSPS) is 21.0. The molecule has 1 saturated heterocycles. The molecular weight excluding hydrogens is 342 g/mol. The van der Waals surface area contributed by atoms with Gasteiger partial charge in [-0.2, -0.15) is 5.26 Å². The molecule has 1 atom stereocenters. The first kappa shape index (κ1) is 17.3. The summed E-state index contributed by atoms with van der Waals surface area (Å²) in [6.07, 6.45) is 2.88. The van der Waals surface area contributed by atoms with Gasteiger partial charge in [-0.15, -0.1) is 0 Å². The van der Waals surface area contributed by atoms with E-state index >= 15 is 0 Å². The molecule has 1 fully saturated rings. The van der Waals surface area contributed by atoms with E-state index in [0.717, 1.165) is 36.1 Å². The lowest BCUT2D eigenvalue weighted by atomic mass is 9.70. The van der Waals surface area contributed by atoms with Gasteiger partial charge in [0.15, 0.2) is 0 Å². The maximum Gasteiger partial charge on any atom is 0.274 e. The van der Waals surface area contributed by atoms with Crippen LogP contribution in [0.15, 0.2) is 42.5 Å². The summed E-state index contributed by atoms with van der Waals surface area (Å²) in [5, 5.41) is 17.9. The standard InChI is InChI=1S/C21H19N3O3/c22-13-14-2-1-3-18(10-14)24-9-8-21(20(24)26)7-6-15-11-16(19(25)23-27)4-5-17(15)12-21/h1-5,10-11,27H,6-9,12H2,(H,23,25)/t21-/m0/s1. The molecule has 2 amide bonds. The topological polar surface area (TPSA) is 93.4 Å². The Kier molecular flexibility index (Phi) is 4.17. The van der Waals surface area contributed by atoms with E-state index in [2.05, 4.69) is 6.07 Å². The Morgan fingerprint density at radius 3 is 2.81 bits per heavy atom. The second kappa shape index (κ2) is 6.53. The fourth-order valence-corrected chi connectivity index (χ4v) is 4.27. The van der Waals surface area contributed by atoms with E-state index in [4.69, 9.17) is 10.5 Å². The van der Waals surface area contributed by atoms with Gasteiger partial charge in [-0.05, 0) is 67.1 Å². The van der Waals surface area contributed by atoms with Crippen LogP contribution in [-0.2, 0) is 17.6 Å². The molecule has 0 unspecified atom stereocenters. The fraction of sp³-hybridized carbons (Fsp3) is 0.286. The van der Waals surface area contributed by atoms with Crippen LogP contribution in [0, 0.1) is 16.7 Å². The highest BCUT2D eigenvalue weighted by Gasteiger charge is 2.48. The number of aryl methyl sites for hydroxylation is 1. The number of rotatable bonds is 2. The highest BCUT2D eigenvalue weighted by Crippen LogP contribution is 2.45. The summed E-state index contributed by atoms with van der Waals surface area (Å²) in [7, 11) is 0. The number of hydrogen-bond acceptors (Lipinski definition) is 4. The molecule has 1 heterocycles. The van der Waals surface area contributed by atoms with Crippen LogP contribution >= 0.6 is 0 Å². The smallest absolute Gasteiger partial charge is 0.274 e. The van der Waals surface area contributed by atoms with Gasteiger partial charge in [-0.1, -0.05) is 12.1 Å². The van der Waals surface area contributed by atoms with E-state index in [9.17, 15) is 9.59 Å². The lowest BCUT2D eigenvalue weighted by molar-refractivity contribution is -0.126. The third-order valence-corrected chi connectivity index (χ3v) is 5.77. The van der Waals surface area contributed by atoms with Gasteiger partial charge in [0.05, 0.1) is 17.0 Å². The van der Waals surface area contributed by atoms with Crippen molar-refractivity contribution < 1.29 is 14.8 Å². The van der Waals surface area contributed by atoms with E-state index in [1.165, 1.54) is 0 Å². The molecule has 4 rings (SSSR count). The number of carbonyl (C=O) groups excluding carboxylic acids is 2. The summed E-state index contributed by atoms with van der Waals surface area (Å²) in [6, 6.07) is 14.6. The number of carbonyl (C=O) groups is 2. The summed E-state index contributed by atoms with van der Waals surface area (Å²) < 4.78 is 0. The zero-order chi connectivity index (χ0) is 19.0. The number of hydroxylamine groups is 1. The van der Waals surface area contributed by atoms with Gasteiger partial charge in [0.1, 0.15) is 0 Å². The Labute approximate surface area is 157 Å². The first-order chi connectivity index (χ1) is 13.1. The molecule has 6 heteroatoms. The number of benzene rings is 2. The zero-order valence-corrected chi connectivity index (χ0v) is 14.7. The fourth-order valence-electron chi connectivity index (χ4n) is 4.27. The molecule has 1 aliphatic heterocycles. The predicted octanol–water partition coefficient (Wildman–Crippen LogP) is 2.59. The first-order valence-corrected chi connectivity index (χ1v) is 8.95. The monoisotopic (exact) mass is 361 g/mol. The highest BCUT2D eigenvalue weighted by molar-refractivity contribution is 6.00. The van der Waals surface area contributed by atoms with Crippen molar-refractivity contribution in [3.05, 3.63) is 64.7 Å². The van der Waals surface area contributed by atoms with Crippen molar-refractivity contribution in [3.63, 3.8) is 0 Å². The van der Waals surface area contributed by atoms with Crippen LogP contribution in [0.4, 0.5) is 5.69 Å². The van der Waals surface area contributed by atoms with E-state index in [1.807, 2.05) is 12.1 Å². The molecule has 2 aromatic carbocycles. The summed E-state index contributed by atoms with van der Waals surface area (Å²) in [6.45, 7) is 0.647. The Morgan fingerprint density at radius 2 is 2.04 bits per heavy atom. The van der Waals surface area contributed by atoms with Gasteiger partial charge >= 0.3 is 0 Å². The molecule has 0 bridgehead atoms. The van der Waals surface area contributed by atoms with Crippen LogP contribution < -0.4 is 10.4 Å². The van der Waals surface area contributed by atoms with Crippen molar-refractivity contribution in [3.8, 4) is 6.07 Å². The van der Waals surface area contributed by atoms with Crippen LogP contribution in [0.2, 0.25) is 0 Å². The van der Waals surface area contributed by atoms with Crippen molar-refractivity contribution in [2.75, 3.05) is 11.4 Å². The Hall–Kier alpha value is -3.17. The van der Waals surface area contributed by atoms with Crippen molar-refractivity contribution in [2.24, 2.45) is 5.41 Å². The lowest BCUT2D eigenvalue weighted by Gasteiger charge is -2.33. The Bertz CT molecular complexity index is 979. The second-order valence-electron chi connectivity index (χ2n) is 7.25. The van der Waals surface area contributed by atoms with E-state index in [0.29, 0.717) is 24.1 Å². The molecule has 0 saturated carbocycles. The molecule has 2 aliphatic rings. The third kappa shape index (κ3) is 2.86. The van der Waals surface area contributed by atoms with Crippen LogP contribution in [0.3, 0.4) is 0 Å². The minimum atomic E-state index is -0.529. The molecule has 2 N–H and O–H groups in total. The molecule has 27 heavy (non-hydrogen) atoms. The van der Waals surface area contributed by atoms with E-state index in [-0.39, 0.29) is 5.91 Å². The molecule has 0 radical (unpaired) electrons. The van der Waals surface area contributed by atoms with E-state index in [1.54, 1.807) is 40.7 Å². The van der Waals surface area contributed by atoms with Crippen LogP contribution in [-0.4, -0.2) is 23.6 Å². The maximum atomic E-state index is 13.3. The molecule has 0 aromatic heterocycles. The Morgan fingerprint density at radius 1 is 1.19 bits per heavy atom. The number of nitriles is 1. The van der Waals surface area contributed by atoms with Gasteiger partial charge < -0.3 is 4.90 Å². The zero-order valence-electron chi connectivity index (χ0n) is 14.7. The number of nitrogens with zero attached hydrogens (tertiary/aromatic N) is 2. The molecule has 6 nitrogen and oxygen atoms in total. The first-order valence-electron chi connectivity index (χ1n) is 8.95. The number of nitrogens with one attached hydrogen (secondary N) is 1. The van der Waals surface area contributed by atoms with E-state index < -0.39 is 11.3 Å². The van der Waals surface area contributed by atoms with Gasteiger partial charge in [0.25, 0.3) is 5.91 Å². The Balaban J connectivity index is 1.60. The van der Waals surface area contributed by atoms with Crippen molar-refractivity contribution in [1.82, 2.24) is 5.48 Å². The summed E-state index contributed by atoms with van der Waals surface area (Å²) in [4.78, 5) is 26.7. The number of hydrogen-bond donors (Lipinski definition) is 2. The van der Waals surface area contributed by atoms with Crippen molar-refractivity contribution in [2.45, 2.75) is 25.7 Å². The second-order valence-corrected chi connectivity index (χ2v) is 7.25. The number of amides is 2. The summed E-state index contributed by atoms with van der Waals surface area (Å²) >= 11 is 0. The van der Waals surface area contributed by atoms with Crippen LogP contribution in [0.5, 0.6) is 0 Å². The summed E-state index contributed by atoms with van der Waals surface area (Å²) in [5.41, 5.74) is 5.11. The quantitative estimate of drug-likeness (QED) is 0.635. The average Bonchev–Trinajstić information content (AvgIpc) is 3.02. The molecule has 2 aromatic rings. The van der Waals surface area contributed by atoms with Crippen LogP contribution in [0.1, 0.15) is 39.9 Å². The maximum absolute atomic E-state index is 13.3. The minimum absolute atomic E-state index is 0.111. The van der Waals surface area contributed by atoms with Gasteiger partial charge in [-0.25, -0.2) is 5.48 Å². The molecule has 136 valence electrons. The SMILES string of the molecule is N#Cc1cccc(N2CC[C@]3(CCc4cc(C(=O)NO)ccc4C3)C2=O)c1. The third-order valence-electron chi connectivity index (χ3n) is 5.77. The van der Waals surface area contributed by atoms with Gasteiger partial charge in [0.2, 0.25) is 5.91 Å².